The molecule has 0 unspecified atom stereocenters. The second kappa shape index (κ2) is 5.60. The van der Waals surface area contributed by atoms with Gasteiger partial charge >= 0.3 is 5.97 Å². The predicted octanol–water partition coefficient (Wildman–Crippen LogP) is 1.44. The summed E-state index contributed by atoms with van der Waals surface area (Å²) in [4.78, 5) is 14.0. The number of carboxylic acids is 1. The first kappa shape index (κ1) is 15.1. The van der Waals surface area contributed by atoms with E-state index in [1.54, 1.807) is 6.92 Å². The van der Waals surface area contributed by atoms with E-state index in [0.717, 1.165) is 18.2 Å². The molecule has 7 nitrogen and oxygen atoms in total. The number of benzene rings is 1. The molecule has 0 aliphatic carbocycles. The van der Waals surface area contributed by atoms with E-state index in [0.29, 0.717) is 12.2 Å². The van der Waals surface area contributed by atoms with Gasteiger partial charge in [0.05, 0.1) is 5.56 Å². The molecule has 0 saturated heterocycles. The molecule has 1 heterocycles. The maximum atomic E-state index is 13.7. The summed E-state index contributed by atoms with van der Waals surface area (Å²) in [6.07, 6.45) is 0.465. The fraction of sp³-hybridized carbons (Fsp3) is 0.250. The second-order valence-corrected chi connectivity index (χ2v) is 6.13. The normalized spacial score (nSPS) is 11.5. The minimum Gasteiger partial charge on any atom is -0.478 e. The predicted molar refractivity (Wildman–Crippen MR) is 67.9 cm³/mol. The summed E-state index contributed by atoms with van der Waals surface area (Å²) >= 11 is 0. The molecule has 1 aromatic heterocycles. The third-order valence-corrected chi connectivity index (χ3v) is 4.26. The van der Waals surface area contributed by atoms with E-state index < -0.39 is 32.3 Å². The zero-order valence-electron chi connectivity index (χ0n) is 10.9. The van der Waals surface area contributed by atoms with Crippen molar-refractivity contribution in [1.29, 1.82) is 0 Å². The maximum Gasteiger partial charge on any atom is 0.335 e. The van der Waals surface area contributed by atoms with E-state index in [4.69, 9.17) is 9.63 Å². The van der Waals surface area contributed by atoms with Crippen LogP contribution in [0.3, 0.4) is 0 Å². The van der Waals surface area contributed by atoms with Gasteiger partial charge in [-0.05, 0) is 18.2 Å². The quantitative estimate of drug-likeness (QED) is 0.889. The van der Waals surface area contributed by atoms with Gasteiger partial charge in [0.2, 0.25) is 5.89 Å². The van der Waals surface area contributed by atoms with Crippen LogP contribution in [0.25, 0.3) is 0 Å². The van der Waals surface area contributed by atoms with Gasteiger partial charge < -0.3 is 9.63 Å². The molecule has 1 N–H and O–H groups in total. The summed E-state index contributed by atoms with van der Waals surface area (Å²) in [6, 6.07) is 2.55. The number of nitrogens with zero attached hydrogens (tertiary/aromatic N) is 2. The van der Waals surface area contributed by atoms with Crippen molar-refractivity contribution in [2.24, 2.45) is 0 Å². The number of sulfone groups is 1. The van der Waals surface area contributed by atoms with Gasteiger partial charge in [-0.3, -0.25) is 0 Å². The van der Waals surface area contributed by atoms with Crippen molar-refractivity contribution in [2.75, 3.05) is 0 Å². The van der Waals surface area contributed by atoms with Crippen molar-refractivity contribution in [1.82, 2.24) is 10.1 Å². The number of carbonyl (C=O) groups is 1. The fourth-order valence-corrected chi connectivity index (χ4v) is 2.88. The highest BCUT2D eigenvalue weighted by Crippen LogP contribution is 2.21. The summed E-state index contributed by atoms with van der Waals surface area (Å²) < 4.78 is 42.7. The molecule has 0 aliphatic heterocycles. The van der Waals surface area contributed by atoms with Crippen LogP contribution in [-0.4, -0.2) is 29.6 Å². The Hall–Kier alpha value is -2.29. The molecule has 21 heavy (non-hydrogen) atoms. The SMILES string of the molecule is CCc1noc(CS(=O)(=O)c2cc(C(=O)O)ccc2F)n1. The molecule has 0 bridgehead atoms. The molecule has 9 heteroatoms. The molecular formula is C12H11FN2O5S. The maximum absolute atomic E-state index is 13.7. The minimum atomic E-state index is -4.13. The Kier molecular flexibility index (Phi) is 4.03. The van der Waals surface area contributed by atoms with Gasteiger partial charge in [-0.15, -0.1) is 0 Å². The molecule has 0 amide bonds. The Morgan fingerprint density at radius 2 is 2.14 bits per heavy atom. The summed E-state index contributed by atoms with van der Waals surface area (Å²) in [5.41, 5.74) is -0.324. The molecule has 2 aromatic rings. The molecule has 0 aliphatic rings. The van der Waals surface area contributed by atoms with E-state index in [-0.39, 0.29) is 11.5 Å². The van der Waals surface area contributed by atoms with Gasteiger partial charge in [0.25, 0.3) is 0 Å². The Labute approximate surface area is 119 Å². The topological polar surface area (TPSA) is 110 Å². The number of hydrogen-bond acceptors (Lipinski definition) is 6. The van der Waals surface area contributed by atoms with E-state index in [2.05, 4.69) is 10.1 Å². The monoisotopic (exact) mass is 314 g/mol. The highest BCUT2D eigenvalue weighted by molar-refractivity contribution is 7.90. The van der Waals surface area contributed by atoms with Crippen molar-refractivity contribution in [2.45, 2.75) is 24.0 Å². The Morgan fingerprint density at radius 3 is 2.71 bits per heavy atom. The standard InChI is InChI=1S/C12H11FN2O5S/c1-2-10-14-11(20-15-10)6-21(18,19)9-5-7(12(16)17)3-4-8(9)13/h3-5H,2,6H2,1H3,(H,16,17). The van der Waals surface area contributed by atoms with Crippen LogP contribution in [0.5, 0.6) is 0 Å². The van der Waals surface area contributed by atoms with Crippen LogP contribution in [0, 0.1) is 5.82 Å². The van der Waals surface area contributed by atoms with Crippen molar-refractivity contribution in [3.63, 3.8) is 0 Å². The Morgan fingerprint density at radius 1 is 1.43 bits per heavy atom. The molecule has 112 valence electrons. The summed E-state index contributed by atoms with van der Waals surface area (Å²) in [5, 5.41) is 12.4. The van der Waals surface area contributed by atoms with Gasteiger partial charge in [0, 0.05) is 6.42 Å². The Bertz CT molecular complexity index is 785. The molecule has 0 fully saturated rings. The largest absolute Gasteiger partial charge is 0.478 e. The van der Waals surface area contributed by atoms with E-state index in [1.165, 1.54) is 0 Å². The zero-order valence-corrected chi connectivity index (χ0v) is 11.7. The highest BCUT2D eigenvalue weighted by atomic mass is 32.2. The molecule has 0 spiro atoms. The molecule has 0 saturated carbocycles. The lowest BCUT2D eigenvalue weighted by Crippen LogP contribution is -2.09. The van der Waals surface area contributed by atoms with Gasteiger partial charge in [-0.2, -0.15) is 4.98 Å². The number of halogens is 1. The van der Waals surface area contributed by atoms with E-state index >= 15 is 0 Å². The fourth-order valence-electron chi connectivity index (χ4n) is 1.61. The van der Waals surface area contributed by atoms with Crippen LogP contribution in [0.15, 0.2) is 27.6 Å². The van der Waals surface area contributed by atoms with Crippen molar-refractivity contribution < 1.29 is 27.2 Å². The lowest BCUT2D eigenvalue weighted by molar-refractivity contribution is 0.0696. The van der Waals surface area contributed by atoms with Crippen molar-refractivity contribution in [3.05, 3.63) is 41.3 Å². The zero-order chi connectivity index (χ0) is 15.6. The van der Waals surface area contributed by atoms with Gasteiger partial charge in [-0.25, -0.2) is 17.6 Å². The first-order chi connectivity index (χ1) is 9.83. The summed E-state index contributed by atoms with van der Waals surface area (Å²) in [6.45, 7) is 1.76. The first-order valence-electron chi connectivity index (χ1n) is 5.90. The third-order valence-electron chi connectivity index (χ3n) is 2.65. The van der Waals surface area contributed by atoms with E-state index in [9.17, 15) is 17.6 Å². The number of aromatic nitrogens is 2. The lowest BCUT2D eigenvalue weighted by atomic mass is 10.2. The average Bonchev–Trinajstić information content (AvgIpc) is 2.85. The number of aromatic carboxylic acids is 1. The molecule has 2 rings (SSSR count). The van der Waals surface area contributed by atoms with Crippen LogP contribution in [0.2, 0.25) is 0 Å². The van der Waals surface area contributed by atoms with Crippen LogP contribution in [0.1, 0.15) is 29.0 Å². The van der Waals surface area contributed by atoms with Crippen LogP contribution in [-0.2, 0) is 22.0 Å². The third kappa shape index (κ3) is 3.24. The van der Waals surface area contributed by atoms with Gasteiger partial charge in [0.15, 0.2) is 15.7 Å². The highest BCUT2D eigenvalue weighted by Gasteiger charge is 2.24. The molecule has 1 aromatic carbocycles. The van der Waals surface area contributed by atoms with Crippen LogP contribution < -0.4 is 0 Å². The number of aryl methyl sites for hydroxylation is 1. The first-order valence-corrected chi connectivity index (χ1v) is 7.55. The number of hydrogen-bond donors (Lipinski definition) is 1. The number of carboxylic acid groups (broad SMARTS) is 1. The number of rotatable bonds is 5. The van der Waals surface area contributed by atoms with Crippen LogP contribution in [0.4, 0.5) is 4.39 Å². The Balaban J connectivity index is 2.39. The smallest absolute Gasteiger partial charge is 0.335 e. The van der Waals surface area contributed by atoms with Gasteiger partial charge in [-0.1, -0.05) is 12.1 Å². The van der Waals surface area contributed by atoms with Crippen molar-refractivity contribution in [3.8, 4) is 0 Å². The molecule has 0 atom stereocenters. The minimum absolute atomic E-state index is 0.174. The van der Waals surface area contributed by atoms with Crippen molar-refractivity contribution >= 4 is 15.8 Å². The summed E-state index contributed by atoms with van der Waals surface area (Å²) in [7, 11) is -4.13. The molecular weight excluding hydrogens is 303 g/mol. The lowest BCUT2D eigenvalue weighted by Gasteiger charge is -2.04. The second-order valence-electron chi connectivity index (χ2n) is 4.17. The van der Waals surface area contributed by atoms with Crippen LogP contribution >= 0.6 is 0 Å². The van der Waals surface area contributed by atoms with Gasteiger partial charge in [0.1, 0.15) is 16.5 Å². The molecule has 0 radical (unpaired) electrons. The summed E-state index contributed by atoms with van der Waals surface area (Å²) in [5.74, 6) is -2.92. The average molecular weight is 314 g/mol. The van der Waals surface area contributed by atoms with E-state index in [1.807, 2.05) is 0 Å².